The molecular weight excluding hydrogens is 248 g/mol. The number of rotatable bonds is 4. The molecule has 0 aliphatic rings. The highest BCUT2D eigenvalue weighted by molar-refractivity contribution is 5.64. The molecule has 2 nitrogen and oxygen atoms in total. The molecule has 0 saturated heterocycles. The molecule has 0 aliphatic heterocycles. The van der Waals surface area contributed by atoms with E-state index in [2.05, 4.69) is 43.8 Å². The molecule has 0 saturated carbocycles. The van der Waals surface area contributed by atoms with Gasteiger partial charge in [-0.05, 0) is 34.7 Å². The van der Waals surface area contributed by atoms with Gasteiger partial charge in [-0.2, -0.15) is 0 Å². The summed E-state index contributed by atoms with van der Waals surface area (Å²) in [6, 6.07) is 16.7. The van der Waals surface area contributed by atoms with Crippen molar-refractivity contribution >= 4 is 0 Å². The van der Waals surface area contributed by atoms with E-state index < -0.39 is 0 Å². The van der Waals surface area contributed by atoms with Crippen LogP contribution in [-0.2, 0) is 13.0 Å². The predicted octanol–water partition coefficient (Wildman–Crippen LogP) is 4.49. The van der Waals surface area contributed by atoms with Crippen molar-refractivity contribution in [1.82, 2.24) is 0 Å². The molecule has 0 spiro atoms. The highest BCUT2D eigenvalue weighted by Crippen LogP contribution is 2.21. The number of hydrogen-bond donors (Lipinski definition) is 2. The van der Waals surface area contributed by atoms with E-state index in [4.69, 9.17) is 10.2 Å². The Labute approximate surface area is 121 Å². The molecule has 0 heterocycles. The van der Waals surface area contributed by atoms with Gasteiger partial charge in [0.05, 0.1) is 12.9 Å². The molecule has 2 aromatic carbocycles. The molecule has 0 radical (unpaired) electrons. The quantitative estimate of drug-likeness (QED) is 0.804. The van der Waals surface area contributed by atoms with Crippen molar-refractivity contribution < 1.29 is 10.2 Å². The lowest BCUT2D eigenvalue weighted by Gasteiger charge is -2.05. The molecule has 0 fully saturated rings. The number of benzene rings is 2. The van der Waals surface area contributed by atoms with E-state index >= 15 is 0 Å². The monoisotopic (exact) mass is 270 g/mol. The second kappa shape index (κ2) is 8.94. The number of aliphatic hydroxyl groups is 2. The zero-order valence-corrected chi connectivity index (χ0v) is 11.9. The molecule has 2 aromatic rings. The molecule has 2 heteroatoms. The van der Waals surface area contributed by atoms with Gasteiger partial charge in [-0.25, -0.2) is 0 Å². The Hall–Kier alpha value is -2.06. The predicted molar refractivity (Wildman–Crippen MR) is 84.6 cm³/mol. The van der Waals surface area contributed by atoms with E-state index in [0.29, 0.717) is 0 Å². The maximum absolute atomic E-state index is 9.12. The van der Waals surface area contributed by atoms with Gasteiger partial charge in [0.2, 0.25) is 0 Å². The third kappa shape index (κ3) is 4.90. The molecular formula is C18H22O2. The molecule has 0 bridgehead atoms. The summed E-state index contributed by atoms with van der Waals surface area (Å²) in [5, 5.41) is 16.5. The summed E-state index contributed by atoms with van der Waals surface area (Å²) in [4.78, 5) is 0. The molecule has 2 rings (SSSR count). The lowest BCUT2D eigenvalue weighted by molar-refractivity contribution is 0.282. The Morgan fingerprint density at radius 3 is 2.20 bits per heavy atom. The first-order chi connectivity index (χ1) is 9.74. The van der Waals surface area contributed by atoms with Gasteiger partial charge in [0, 0.05) is 0 Å². The second-order valence-electron chi connectivity index (χ2n) is 4.49. The van der Waals surface area contributed by atoms with E-state index in [1.165, 1.54) is 23.1 Å². The van der Waals surface area contributed by atoms with Gasteiger partial charge in [0.25, 0.3) is 0 Å². The van der Waals surface area contributed by atoms with Crippen molar-refractivity contribution in [3.63, 3.8) is 0 Å². The Bertz CT molecular complexity index is 515. The van der Waals surface area contributed by atoms with Crippen LogP contribution in [0.15, 0.2) is 61.4 Å². The third-order valence-corrected chi connectivity index (χ3v) is 2.94. The fourth-order valence-corrected chi connectivity index (χ4v) is 2.00. The molecule has 0 aliphatic carbocycles. The minimum atomic E-state index is 0.0990. The molecule has 2 N–H and O–H groups in total. The van der Waals surface area contributed by atoms with Gasteiger partial charge in [0.15, 0.2) is 0 Å². The maximum Gasteiger partial charge on any atom is 0.0719 e. The largest absolute Gasteiger partial charge is 0.516 e. The summed E-state index contributed by atoms with van der Waals surface area (Å²) in [6.45, 7) is 5.21. The number of aliphatic hydroxyl groups excluding tert-OH is 2. The highest BCUT2D eigenvalue weighted by Gasteiger charge is 1.99. The van der Waals surface area contributed by atoms with E-state index in [1.54, 1.807) is 0 Å². The zero-order valence-electron chi connectivity index (χ0n) is 11.9. The molecule has 0 unspecified atom stereocenters. The normalized spacial score (nSPS) is 9.50. The minimum Gasteiger partial charge on any atom is -0.516 e. The lowest BCUT2D eigenvalue weighted by Crippen LogP contribution is -1.86. The first-order valence-electron chi connectivity index (χ1n) is 6.79. The van der Waals surface area contributed by atoms with E-state index in [1.807, 2.05) is 18.2 Å². The van der Waals surface area contributed by atoms with Crippen LogP contribution in [0.1, 0.15) is 24.5 Å². The van der Waals surface area contributed by atoms with Crippen molar-refractivity contribution in [3.05, 3.63) is 72.5 Å². The van der Waals surface area contributed by atoms with Gasteiger partial charge >= 0.3 is 0 Å². The van der Waals surface area contributed by atoms with Crippen LogP contribution in [0.2, 0.25) is 0 Å². The molecule has 0 atom stereocenters. The summed E-state index contributed by atoms with van der Waals surface area (Å²) in [5.74, 6) is 0. The van der Waals surface area contributed by atoms with Crippen LogP contribution in [0.4, 0.5) is 0 Å². The van der Waals surface area contributed by atoms with E-state index in [0.717, 1.165) is 18.2 Å². The number of aryl methyl sites for hydroxylation is 1. The average Bonchev–Trinajstić information content (AvgIpc) is 2.49. The van der Waals surface area contributed by atoms with E-state index in [-0.39, 0.29) is 6.61 Å². The second-order valence-corrected chi connectivity index (χ2v) is 4.49. The molecule has 20 heavy (non-hydrogen) atoms. The minimum absolute atomic E-state index is 0.0990. The van der Waals surface area contributed by atoms with Crippen molar-refractivity contribution in [2.45, 2.75) is 26.4 Å². The molecule has 0 amide bonds. The highest BCUT2D eigenvalue weighted by atomic mass is 16.3. The summed E-state index contributed by atoms with van der Waals surface area (Å²) in [5.41, 5.74) is 4.72. The first-order valence-corrected chi connectivity index (χ1v) is 6.79. The Kier molecular flexibility index (Phi) is 7.15. The van der Waals surface area contributed by atoms with Gasteiger partial charge in [-0.15, -0.1) is 0 Å². The first kappa shape index (κ1) is 16.0. The summed E-state index contributed by atoms with van der Waals surface area (Å²) < 4.78 is 0. The fraction of sp³-hybridized carbons (Fsp3) is 0.222. The van der Waals surface area contributed by atoms with Crippen LogP contribution >= 0.6 is 0 Å². The number of hydrogen-bond acceptors (Lipinski definition) is 2. The summed E-state index contributed by atoms with van der Waals surface area (Å²) >= 11 is 0. The van der Waals surface area contributed by atoms with Crippen LogP contribution in [0.5, 0.6) is 0 Å². The zero-order chi connectivity index (χ0) is 14.8. The van der Waals surface area contributed by atoms with Crippen LogP contribution in [0.3, 0.4) is 0 Å². The molecule has 0 aromatic heterocycles. The van der Waals surface area contributed by atoms with Gasteiger partial charge in [-0.1, -0.05) is 62.4 Å². The molecule has 106 valence electrons. The topological polar surface area (TPSA) is 40.5 Å². The van der Waals surface area contributed by atoms with Crippen molar-refractivity contribution in [2.24, 2.45) is 0 Å². The smallest absolute Gasteiger partial charge is 0.0719 e. The summed E-state index contributed by atoms with van der Waals surface area (Å²) in [7, 11) is 0. The Morgan fingerprint density at radius 2 is 1.65 bits per heavy atom. The maximum atomic E-state index is 9.12. The standard InChI is InChI=1S/C16H18O.C2H4O/c1-2-4-13-7-9-15(10-8-13)16-6-3-5-14(11-16)12-17;1-2-3/h3,5-11,17H,2,4,12H2,1H3;2-3H,1H2. The van der Waals surface area contributed by atoms with Crippen LogP contribution in [0, 0.1) is 0 Å². The third-order valence-electron chi connectivity index (χ3n) is 2.94. The fourth-order valence-electron chi connectivity index (χ4n) is 2.00. The average molecular weight is 270 g/mol. The van der Waals surface area contributed by atoms with Crippen molar-refractivity contribution in [3.8, 4) is 11.1 Å². The van der Waals surface area contributed by atoms with Gasteiger partial charge < -0.3 is 10.2 Å². The SMILES string of the molecule is C=CO.CCCc1ccc(-c2cccc(CO)c2)cc1. The lowest BCUT2D eigenvalue weighted by atomic mass is 10.0. The van der Waals surface area contributed by atoms with Crippen LogP contribution < -0.4 is 0 Å². The summed E-state index contributed by atoms with van der Waals surface area (Å²) in [6.07, 6.45) is 3.07. The van der Waals surface area contributed by atoms with Crippen LogP contribution in [0.25, 0.3) is 11.1 Å². The van der Waals surface area contributed by atoms with Crippen molar-refractivity contribution in [2.75, 3.05) is 0 Å². The Morgan fingerprint density at radius 1 is 1.00 bits per heavy atom. The van der Waals surface area contributed by atoms with Gasteiger partial charge in [0.1, 0.15) is 0 Å². The van der Waals surface area contributed by atoms with Gasteiger partial charge in [-0.3, -0.25) is 0 Å². The van der Waals surface area contributed by atoms with E-state index in [9.17, 15) is 0 Å². The van der Waals surface area contributed by atoms with Crippen LogP contribution in [-0.4, -0.2) is 10.2 Å². The Balaban J connectivity index is 0.000000612. The van der Waals surface area contributed by atoms with Crippen molar-refractivity contribution in [1.29, 1.82) is 0 Å².